The fourth-order valence-corrected chi connectivity index (χ4v) is 3.11. The van der Waals surface area contributed by atoms with E-state index in [2.05, 4.69) is 54.4 Å². The summed E-state index contributed by atoms with van der Waals surface area (Å²) in [5.74, 6) is 0. The Morgan fingerprint density at radius 2 is 1.90 bits per heavy atom. The molecule has 21 heavy (non-hydrogen) atoms. The van der Waals surface area contributed by atoms with Crippen LogP contribution in [-0.2, 0) is 0 Å². The lowest BCUT2D eigenvalue weighted by atomic mass is 9.96. The van der Waals surface area contributed by atoms with Crippen LogP contribution in [0.5, 0.6) is 0 Å². The maximum absolute atomic E-state index is 4.70. The Morgan fingerprint density at radius 1 is 1.10 bits per heavy atom. The van der Waals surface area contributed by atoms with E-state index in [1.165, 1.54) is 22.4 Å². The van der Waals surface area contributed by atoms with Crippen molar-refractivity contribution < 1.29 is 0 Å². The first-order valence-electron chi connectivity index (χ1n) is 7.68. The smallest absolute Gasteiger partial charge is 0.0780 e. The van der Waals surface area contributed by atoms with Crippen molar-refractivity contribution in [1.29, 1.82) is 0 Å². The Labute approximate surface area is 127 Å². The summed E-state index contributed by atoms with van der Waals surface area (Å²) in [5.41, 5.74) is 5.10. The minimum Gasteiger partial charge on any atom is -0.314 e. The van der Waals surface area contributed by atoms with E-state index >= 15 is 0 Å². The van der Waals surface area contributed by atoms with Gasteiger partial charge in [-0.3, -0.25) is 9.88 Å². The Kier molecular flexibility index (Phi) is 4.32. The maximum atomic E-state index is 4.70. The molecule has 1 aliphatic heterocycles. The van der Waals surface area contributed by atoms with Crippen molar-refractivity contribution >= 4 is 0 Å². The number of aryl methyl sites for hydroxylation is 2. The number of nitrogens with zero attached hydrogens (tertiary/aromatic N) is 2. The highest BCUT2D eigenvalue weighted by Gasteiger charge is 2.26. The molecule has 1 aliphatic rings. The minimum absolute atomic E-state index is 0.258. The van der Waals surface area contributed by atoms with Gasteiger partial charge in [0.2, 0.25) is 0 Å². The second kappa shape index (κ2) is 6.37. The van der Waals surface area contributed by atoms with Gasteiger partial charge in [0.1, 0.15) is 0 Å². The summed E-state index contributed by atoms with van der Waals surface area (Å²) in [6, 6.07) is 13.3. The average molecular weight is 281 g/mol. The molecule has 1 fully saturated rings. The van der Waals surface area contributed by atoms with E-state index in [-0.39, 0.29) is 6.04 Å². The molecule has 1 aromatic heterocycles. The van der Waals surface area contributed by atoms with Gasteiger partial charge in [0, 0.05) is 32.4 Å². The van der Waals surface area contributed by atoms with Gasteiger partial charge < -0.3 is 5.32 Å². The summed E-state index contributed by atoms with van der Waals surface area (Å²) in [7, 11) is 0. The highest BCUT2D eigenvalue weighted by atomic mass is 15.2. The fraction of sp³-hybridized carbons (Fsp3) is 0.389. The molecule has 2 heterocycles. The quantitative estimate of drug-likeness (QED) is 0.937. The van der Waals surface area contributed by atoms with Crippen molar-refractivity contribution in [2.24, 2.45) is 0 Å². The zero-order valence-corrected chi connectivity index (χ0v) is 12.8. The number of aromatic nitrogens is 1. The molecule has 110 valence electrons. The van der Waals surface area contributed by atoms with Crippen LogP contribution in [0.4, 0.5) is 0 Å². The van der Waals surface area contributed by atoms with Gasteiger partial charge in [-0.2, -0.15) is 0 Å². The molecule has 3 heteroatoms. The van der Waals surface area contributed by atoms with Gasteiger partial charge in [-0.25, -0.2) is 0 Å². The predicted octanol–water partition coefficient (Wildman–Crippen LogP) is 2.69. The molecule has 1 N–H and O–H groups in total. The number of nitrogens with one attached hydrogen (secondary N) is 1. The van der Waals surface area contributed by atoms with Gasteiger partial charge in [-0.15, -0.1) is 0 Å². The zero-order chi connectivity index (χ0) is 14.7. The van der Waals surface area contributed by atoms with Crippen molar-refractivity contribution in [3.8, 4) is 0 Å². The first-order valence-corrected chi connectivity index (χ1v) is 7.68. The molecule has 3 nitrogen and oxygen atoms in total. The first kappa shape index (κ1) is 14.2. The summed E-state index contributed by atoms with van der Waals surface area (Å²) in [6.07, 6.45) is 1.91. The number of rotatable bonds is 3. The molecule has 0 bridgehead atoms. The van der Waals surface area contributed by atoms with Gasteiger partial charge in [-0.05, 0) is 31.0 Å². The predicted molar refractivity (Wildman–Crippen MR) is 86.4 cm³/mol. The number of benzene rings is 1. The van der Waals surface area contributed by atoms with Crippen LogP contribution in [0, 0.1) is 13.8 Å². The number of pyridine rings is 1. The Balaban J connectivity index is 2.04. The zero-order valence-electron chi connectivity index (χ0n) is 12.8. The Hall–Kier alpha value is -1.71. The van der Waals surface area contributed by atoms with Crippen LogP contribution in [-0.4, -0.2) is 36.1 Å². The molecule has 1 aromatic carbocycles. The van der Waals surface area contributed by atoms with Crippen LogP contribution >= 0.6 is 0 Å². The van der Waals surface area contributed by atoms with E-state index in [1.54, 1.807) is 0 Å². The summed E-state index contributed by atoms with van der Waals surface area (Å²) in [6.45, 7) is 8.54. The average Bonchev–Trinajstić information content (AvgIpc) is 2.51. The molecular formula is C18H23N3. The van der Waals surface area contributed by atoms with Crippen LogP contribution < -0.4 is 5.32 Å². The summed E-state index contributed by atoms with van der Waals surface area (Å²) < 4.78 is 0. The van der Waals surface area contributed by atoms with E-state index in [0.29, 0.717) is 0 Å². The Bertz CT molecular complexity index is 603. The lowest BCUT2D eigenvalue weighted by Gasteiger charge is -2.35. The van der Waals surface area contributed by atoms with Gasteiger partial charge in [0.25, 0.3) is 0 Å². The molecule has 0 amide bonds. The summed E-state index contributed by atoms with van der Waals surface area (Å²) in [4.78, 5) is 7.24. The van der Waals surface area contributed by atoms with E-state index < -0.39 is 0 Å². The standard InChI is InChI=1S/C18H23N3/c1-14-5-3-7-16(13-14)18(21-11-9-19-10-12-21)17-15(2)6-4-8-20-17/h3-8,13,18-19H,9-12H2,1-2H3. The fourth-order valence-electron chi connectivity index (χ4n) is 3.11. The molecule has 0 radical (unpaired) electrons. The topological polar surface area (TPSA) is 28.2 Å². The van der Waals surface area contributed by atoms with E-state index in [4.69, 9.17) is 4.98 Å². The molecule has 1 unspecified atom stereocenters. The molecule has 0 aliphatic carbocycles. The van der Waals surface area contributed by atoms with Gasteiger partial charge in [0.15, 0.2) is 0 Å². The van der Waals surface area contributed by atoms with Crippen LogP contribution in [0.15, 0.2) is 42.6 Å². The van der Waals surface area contributed by atoms with E-state index in [9.17, 15) is 0 Å². The SMILES string of the molecule is Cc1cccc(C(c2ncccc2C)N2CCNCC2)c1. The van der Waals surface area contributed by atoms with E-state index in [1.807, 2.05) is 12.3 Å². The normalized spacial score (nSPS) is 17.6. The molecular weight excluding hydrogens is 258 g/mol. The maximum Gasteiger partial charge on any atom is 0.0780 e. The van der Waals surface area contributed by atoms with Crippen LogP contribution in [0.1, 0.15) is 28.4 Å². The number of hydrogen-bond donors (Lipinski definition) is 1. The first-order chi connectivity index (χ1) is 10.3. The molecule has 1 saturated heterocycles. The third-order valence-electron chi connectivity index (χ3n) is 4.18. The molecule has 0 saturated carbocycles. The highest BCUT2D eigenvalue weighted by Crippen LogP contribution is 2.29. The monoisotopic (exact) mass is 281 g/mol. The molecule has 3 rings (SSSR count). The third-order valence-corrected chi connectivity index (χ3v) is 4.18. The van der Waals surface area contributed by atoms with Crippen molar-refractivity contribution in [1.82, 2.24) is 15.2 Å². The third kappa shape index (κ3) is 3.14. The van der Waals surface area contributed by atoms with Crippen molar-refractivity contribution in [3.63, 3.8) is 0 Å². The van der Waals surface area contributed by atoms with Gasteiger partial charge in [0.05, 0.1) is 11.7 Å². The van der Waals surface area contributed by atoms with E-state index in [0.717, 1.165) is 26.2 Å². The molecule has 1 atom stereocenters. The molecule has 2 aromatic rings. The second-order valence-corrected chi connectivity index (χ2v) is 5.81. The highest BCUT2D eigenvalue weighted by molar-refractivity contribution is 5.34. The largest absolute Gasteiger partial charge is 0.314 e. The minimum atomic E-state index is 0.258. The molecule has 0 spiro atoms. The summed E-state index contributed by atoms with van der Waals surface area (Å²) >= 11 is 0. The summed E-state index contributed by atoms with van der Waals surface area (Å²) in [5, 5.41) is 3.44. The van der Waals surface area contributed by atoms with Crippen molar-refractivity contribution in [2.45, 2.75) is 19.9 Å². The van der Waals surface area contributed by atoms with Crippen molar-refractivity contribution in [3.05, 3.63) is 65.0 Å². The number of piperazine rings is 1. The van der Waals surface area contributed by atoms with Gasteiger partial charge >= 0.3 is 0 Å². The van der Waals surface area contributed by atoms with Gasteiger partial charge in [-0.1, -0.05) is 35.9 Å². The van der Waals surface area contributed by atoms with Crippen LogP contribution in [0.3, 0.4) is 0 Å². The van der Waals surface area contributed by atoms with Crippen molar-refractivity contribution in [2.75, 3.05) is 26.2 Å². The van der Waals surface area contributed by atoms with Crippen LogP contribution in [0.25, 0.3) is 0 Å². The number of hydrogen-bond acceptors (Lipinski definition) is 3. The lowest BCUT2D eigenvalue weighted by molar-refractivity contribution is 0.195. The lowest BCUT2D eigenvalue weighted by Crippen LogP contribution is -2.45. The second-order valence-electron chi connectivity index (χ2n) is 5.81. The Morgan fingerprint density at radius 3 is 2.62 bits per heavy atom. The van der Waals surface area contributed by atoms with Crippen LogP contribution in [0.2, 0.25) is 0 Å².